The number of para-hydroxylation sites is 1. The fraction of sp³-hybridized carbons (Fsp3) is 0.273. The summed E-state index contributed by atoms with van der Waals surface area (Å²) in [6, 6.07) is 7.13. The molecule has 1 heterocycles. The van der Waals surface area contributed by atoms with Crippen molar-refractivity contribution in [3.05, 3.63) is 29.8 Å². The Morgan fingerprint density at radius 2 is 2.25 bits per heavy atom. The van der Waals surface area contributed by atoms with Gasteiger partial charge in [-0.05, 0) is 24.1 Å². The summed E-state index contributed by atoms with van der Waals surface area (Å²) in [4.78, 5) is 22.7. The molecular formula is C11H11NO3S. The summed E-state index contributed by atoms with van der Waals surface area (Å²) in [6.07, 6.45) is 0. The van der Waals surface area contributed by atoms with Gasteiger partial charge < -0.3 is 4.74 Å². The number of ketones is 1. The molecule has 2 rings (SSSR count). The highest BCUT2D eigenvalue weighted by Crippen LogP contribution is 2.28. The second kappa shape index (κ2) is 4.57. The Morgan fingerprint density at radius 1 is 1.50 bits per heavy atom. The summed E-state index contributed by atoms with van der Waals surface area (Å²) >= 11 is 1.10. The van der Waals surface area contributed by atoms with Crippen LogP contribution in [0.5, 0.6) is 5.75 Å². The van der Waals surface area contributed by atoms with Crippen molar-refractivity contribution < 1.29 is 14.3 Å². The highest BCUT2D eigenvalue weighted by atomic mass is 32.2. The van der Waals surface area contributed by atoms with E-state index in [1.54, 1.807) is 18.2 Å². The monoisotopic (exact) mass is 237 g/mol. The third kappa shape index (κ3) is 2.19. The van der Waals surface area contributed by atoms with Crippen LogP contribution in [-0.4, -0.2) is 23.5 Å². The normalized spacial score (nSPS) is 18.6. The summed E-state index contributed by atoms with van der Waals surface area (Å²) in [7, 11) is 0. The molecule has 0 fully saturated rings. The first-order chi connectivity index (χ1) is 7.68. The fourth-order valence-corrected chi connectivity index (χ4v) is 2.13. The maximum absolute atomic E-state index is 12.0. The zero-order valence-electron chi connectivity index (χ0n) is 8.73. The molecule has 1 aromatic carbocycles. The van der Waals surface area contributed by atoms with Gasteiger partial charge >= 0.3 is 0 Å². The Hall–Kier alpha value is -1.49. The van der Waals surface area contributed by atoms with Crippen LogP contribution in [0.15, 0.2) is 24.3 Å². The van der Waals surface area contributed by atoms with Crippen molar-refractivity contribution in [3.8, 4) is 5.75 Å². The molecule has 0 bridgehead atoms. The summed E-state index contributed by atoms with van der Waals surface area (Å²) in [5.41, 5.74) is 0.580. The lowest BCUT2D eigenvalue weighted by Gasteiger charge is -2.23. The van der Waals surface area contributed by atoms with E-state index in [1.807, 2.05) is 6.07 Å². The van der Waals surface area contributed by atoms with Gasteiger partial charge in [0.25, 0.3) is 0 Å². The maximum atomic E-state index is 12.0. The van der Waals surface area contributed by atoms with E-state index in [2.05, 4.69) is 4.72 Å². The Kier molecular flexibility index (Phi) is 3.14. The molecule has 0 aliphatic carbocycles. The van der Waals surface area contributed by atoms with Crippen molar-refractivity contribution in [1.29, 1.82) is 0 Å². The molecule has 1 aliphatic rings. The fourth-order valence-electron chi connectivity index (χ4n) is 1.45. The van der Waals surface area contributed by atoms with Crippen molar-refractivity contribution in [3.63, 3.8) is 0 Å². The van der Waals surface area contributed by atoms with Gasteiger partial charge in [-0.2, -0.15) is 0 Å². The smallest absolute Gasteiger partial charge is 0.226 e. The third-order valence-corrected chi connectivity index (χ3v) is 3.22. The minimum absolute atomic E-state index is 0.000556. The van der Waals surface area contributed by atoms with Crippen LogP contribution in [0, 0.1) is 0 Å². The number of amides is 1. The van der Waals surface area contributed by atoms with Gasteiger partial charge in [-0.1, -0.05) is 12.1 Å². The number of hydrogen-bond acceptors (Lipinski definition) is 4. The van der Waals surface area contributed by atoms with Crippen molar-refractivity contribution >= 4 is 23.6 Å². The van der Waals surface area contributed by atoms with E-state index < -0.39 is 0 Å². The van der Waals surface area contributed by atoms with Crippen LogP contribution in [0.2, 0.25) is 0 Å². The molecule has 4 nitrogen and oxygen atoms in total. The first kappa shape index (κ1) is 11.0. The first-order valence-electron chi connectivity index (χ1n) is 4.87. The van der Waals surface area contributed by atoms with Crippen LogP contribution in [0.3, 0.4) is 0 Å². The molecule has 1 aliphatic heterocycles. The predicted molar refractivity (Wildman–Crippen MR) is 61.5 cm³/mol. The van der Waals surface area contributed by atoms with Crippen LogP contribution < -0.4 is 9.46 Å². The van der Waals surface area contributed by atoms with Crippen molar-refractivity contribution in [1.82, 2.24) is 4.72 Å². The molecule has 0 saturated heterocycles. The van der Waals surface area contributed by atoms with Crippen LogP contribution in [-0.2, 0) is 4.79 Å². The molecule has 1 aromatic rings. The molecule has 1 unspecified atom stereocenters. The van der Waals surface area contributed by atoms with Gasteiger partial charge in [0.15, 0.2) is 5.78 Å². The number of nitrogens with one attached hydrogen (secondary N) is 1. The summed E-state index contributed by atoms with van der Waals surface area (Å²) < 4.78 is 8.00. The molecule has 0 spiro atoms. The first-order valence-corrected chi connectivity index (χ1v) is 5.74. The molecule has 16 heavy (non-hydrogen) atoms. The lowest BCUT2D eigenvalue weighted by Crippen LogP contribution is -2.33. The number of carbonyl (C=O) groups excluding carboxylic acids is 2. The molecular weight excluding hydrogens is 226 g/mol. The van der Waals surface area contributed by atoms with Crippen LogP contribution in [0.25, 0.3) is 0 Å². The Balaban J connectivity index is 2.12. The molecule has 0 radical (unpaired) electrons. The summed E-state index contributed by atoms with van der Waals surface area (Å²) in [6.45, 7) is 1.70. The van der Waals surface area contributed by atoms with Gasteiger partial charge in [-0.15, -0.1) is 0 Å². The predicted octanol–water partition coefficient (Wildman–Crippen LogP) is 1.41. The number of carbonyl (C=O) groups is 2. The van der Waals surface area contributed by atoms with E-state index in [-0.39, 0.29) is 16.9 Å². The molecule has 84 valence electrons. The summed E-state index contributed by atoms with van der Waals surface area (Å²) in [5.74, 6) is 0.449. The number of Topliss-reactive ketones (excluding diaryl/α,β-unsaturated/α-hetero) is 1. The van der Waals surface area contributed by atoms with E-state index in [0.29, 0.717) is 17.9 Å². The highest BCUT2D eigenvalue weighted by Gasteiger charge is 2.29. The second-order valence-electron chi connectivity index (χ2n) is 3.44. The Bertz CT molecular complexity index is 433. The average Bonchev–Trinajstić information content (AvgIpc) is 2.28. The van der Waals surface area contributed by atoms with E-state index in [9.17, 15) is 9.59 Å². The van der Waals surface area contributed by atoms with Gasteiger partial charge in [-0.25, -0.2) is 0 Å². The van der Waals surface area contributed by atoms with Gasteiger partial charge in [0, 0.05) is 6.92 Å². The zero-order valence-corrected chi connectivity index (χ0v) is 9.54. The number of benzene rings is 1. The van der Waals surface area contributed by atoms with Gasteiger partial charge in [0.1, 0.15) is 17.6 Å². The van der Waals surface area contributed by atoms with Gasteiger partial charge in [0.2, 0.25) is 5.91 Å². The van der Waals surface area contributed by atoms with Gasteiger partial charge in [0.05, 0.1) is 5.56 Å². The summed E-state index contributed by atoms with van der Waals surface area (Å²) in [5, 5.41) is -0.362. The van der Waals surface area contributed by atoms with Gasteiger partial charge in [-0.3, -0.25) is 14.3 Å². The minimum Gasteiger partial charge on any atom is -0.491 e. The molecule has 1 N–H and O–H groups in total. The van der Waals surface area contributed by atoms with Crippen LogP contribution in [0.1, 0.15) is 17.3 Å². The SMILES string of the molecule is CC(=O)NSC1COc2ccccc2C1=O. The molecule has 5 heteroatoms. The number of hydrogen-bond donors (Lipinski definition) is 1. The zero-order chi connectivity index (χ0) is 11.5. The van der Waals surface area contributed by atoms with Crippen LogP contribution in [0.4, 0.5) is 0 Å². The standard InChI is InChI=1S/C11H11NO3S/c1-7(13)12-16-10-6-15-9-5-3-2-4-8(9)11(10)14/h2-5,10H,6H2,1H3,(H,12,13). The average molecular weight is 237 g/mol. The minimum atomic E-state index is -0.362. The topological polar surface area (TPSA) is 55.4 Å². The Labute approximate surface area is 97.5 Å². The lowest BCUT2D eigenvalue weighted by molar-refractivity contribution is -0.117. The number of fused-ring (bicyclic) bond motifs is 1. The molecule has 1 amide bonds. The number of ether oxygens (including phenoxy) is 1. The second-order valence-corrected chi connectivity index (χ2v) is 4.45. The van der Waals surface area contributed by atoms with Crippen molar-refractivity contribution in [2.24, 2.45) is 0 Å². The Morgan fingerprint density at radius 3 is 3.00 bits per heavy atom. The molecule has 0 saturated carbocycles. The quantitative estimate of drug-likeness (QED) is 0.790. The number of rotatable bonds is 2. The van der Waals surface area contributed by atoms with E-state index >= 15 is 0 Å². The highest BCUT2D eigenvalue weighted by molar-refractivity contribution is 7.99. The lowest BCUT2D eigenvalue weighted by atomic mass is 10.1. The van der Waals surface area contributed by atoms with Crippen molar-refractivity contribution in [2.75, 3.05) is 6.61 Å². The van der Waals surface area contributed by atoms with E-state index in [1.165, 1.54) is 6.92 Å². The van der Waals surface area contributed by atoms with E-state index in [4.69, 9.17) is 4.74 Å². The molecule has 1 atom stereocenters. The third-order valence-electron chi connectivity index (χ3n) is 2.18. The maximum Gasteiger partial charge on any atom is 0.226 e. The van der Waals surface area contributed by atoms with Crippen LogP contribution >= 0.6 is 11.9 Å². The van der Waals surface area contributed by atoms with Crippen molar-refractivity contribution in [2.45, 2.75) is 12.2 Å². The molecule has 0 aromatic heterocycles. The largest absolute Gasteiger partial charge is 0.491 e. The van der Waals surface area contributed by atoms with E-state index in [0.717, 1.165) is 11.9 Å².